The molecule has 1 amide bonds. The van der Waals surface area contributed by atoms with E-state index in [1.165, 1.54) is 30.3 Å². The third-order valence-electron chi connectivity index (χ3n) is 10.9. The van der Waals surface area contributed by atoms with Gasteiger partial charge in [0, 0.05) is 77.8 Å². The maximum absolute atomic E-state index is 12.4. The number of nitro groups is 2. The average Bonchev–Trinajstić information content (AvgIpc) is 3.49. The van der Waals surface area contributed by atoms with Gasteiger partial charge in [0.05, 0.1) is 26.5 Å². The predicted octanol–water partition coefficient (Wildman–Crippen LogP) is 4.66. The molecule has 0 fully saturated rings. The predicted molar refractivity (Wildman–Crippen MR) is 343 cm³/mol. The molecule has 6 aromatic rings. The number of rotatable bonds is 23. The van der Waals surface area contributed by atoms with Crippen LogP contribution in [-0.4, -0.2) is 162 Å². The van der Waals surface area contributed by atoms with E-state index in [4.69, 9.17) is 84.6 Å². The fraction of sp³-hybridized carbons (Fsp3) is 0.350. The van der Waals surface area contributed by atoms with E-state index < -0.39 is 4.92 Å². The Hall–Kier alpha value is -3.79. The number of anilines is 2. The van der Waals surface area contributed by atoms with Crippen molar-refractivity contribution in [2.24, 2.45) is 0 Å². The number of benzene rings is 6. The van der Waals surface area contributed by atoms with Gasteiger partial charge in [-0.25, -0.2) is 0 Å². The van der Waals surface area contributed by atoms with E-state index in [0.717, 1.165) is 60.4 Å². The number of hydrogen-bond donors (Lipinski definition) is 3. The van der Waals surface area contributed by atoms with Gasteiger partial charge in [-0.3, -0.25) is 29.8 Å². The number of likely N-dealkylation sites (N-methyl/N-ethyl adjacent to an activating group) is 3. The topological polar surface area (TPSA) is 294 Å². The number of hydrogen-bond acceptors (Lipinski definition) is 20. The second-order valence-electron chi connectivity index (χ2n) is 19.4. The van der Waals surface area contributed by atoms with E-state index in [0.29, 0.717) is 75.2 Å². The molecule has 0 aromatic heterocycles. The summed E-state index contributed by atoms with van der Waals surface area (Å²) in [6.07, 6.45) is 0. The van der Waals surface area contributed by atoms with Crippen molar-refractivity contribution in [2.45, 2.75) is 27.7 Å². The van der Waals surface area contributed by atoms with Gasteiger partial charge in [-0.05, 0) is 186 Å². The van der Waals surface area contributed by atoms with Gasteiger partial charge in [0.25, 0.3) is 23.8 Å². The molecule has 0 aliphatic heterocycles. The summed E-state index contributed by atoms with van der Waals surface area (Å²) in [6.45, 7) is 12.1. The summed E-state index contributed by atoms with van der Waals surface area (Å²) in [5, 5.41) is 50.8. The largest absolute Gasteiger partial charge is 1.00 e. The molecule has 0 atom stereocenters. The zero-order chi connectivity index (χ0) is 64.9. The number of nitro benzene ring substituents is 2. The van der Waals surface area contributed by atoms with Crippen LogP contribution in [0.2, 0.25) is 10.0 Å². The molecule has 0 aliphatic rings. The molecule has 0 heterocycles. The van der Waals surface area contributed by atoms with Crippen LogP contribution in [0.3, 0.4) is 0 Å². The van der Waals surface area contributed by atoms with Crippen LogP contribution in [0.5, 0.6) is 40.2 Å². The number of nitrogens with zero attached hydrogens (tertiary/aromatic N) is 7. The number of ether oxygens (including phenoxy) is 5. The molecule has 6 aromatic carbocycles. The van der Waals surface area contributed by atoms with Gasteiger partial charge in [0.15, 0.2) is 6.61 Å². The van der Waals surface area contributed by atoms with Crippen molar-refractivity contribution >= 4 is 82.3 Å². The number of halogens is 4. The number of carbonyl (C=O) groups excluding carboxylic acids is 2. The number of nitriles is 1. The number of phenolic OH excluding ortho intramolecular Hbond substituents is 1. The summed E-state index contributed by atoms with van der Waals surface area (Å²) in [6, 6.07) is 31.4. The number of phenols is 1. The van der Waals surface area contributed by atoms with E-state index in [2.05, 4.69) is 15.1 Å². The van der Waals surface area contributed by atoms with E-state index in [-0.39, 0.29) is 193 Å². The molecular formula is C60H79Cl4Cs2N9O14. The van der Waals surface area contributed by atoms with E-state index >= 15 is 0 Å². The third kappa shape index (κ3) is 40.7. The fourth-order valence-corrected chi connectivity index (χ4v) is 7.10. The fourth-order valence-electron chi connectivity index (χ4n) is 6.38. The van der Waals surface area contributed by atoms with Crippen LogP contribution in [0.4, 0.5) is 22.7 Å². The van der Waals surface area contributed by atoms with E-state index in [1.54, 1.807) is 62.4 Å². The first kappa shape index (κ1) is 89.4. The summed E-state index contributed by atoms with van der Waals surface area (Å²) in [5.41, 5.74) is 10.7. The molecule has 0 saturated carbocycles. The normalized spacial score (nSPS) is 9.79. The average molecular weight is 1560 g/mol. The Labute approximate surface area is 662 Å². The van der Waals surface area contributed by atoms with Crippen LogP contribution < -0.4 is 178 Å². The van der Waals surface area contributed by atoms with Crippen LogP contribution in [0.15, 0.2) is 109 Å². The monoisotopic (exact) mass is 1560 g/mol. The minimum Gasteiger partial charge on any atom is -1.00 e. The molecule has 6 rings (SSSR count). The van der Waals surface area contributed by atoms with Crippen LogP contribution in [0.25, 0.3) is 0 Å². The molecule has 0 radical (unpaired) electrons. The molecule has 0 unspecified atom stereocenters. The molecule has 0 saturated heterocycles. The Balaban J connectivity index is -0.000000562. The maximum atomic E-state index is 12.4. The standard InChI is InChI=1S/C26H25Cl2N3O4.C11H16N2O3.C11H18N2O.C7H7NO3.C4H10ClN.CH2O3.ClH.2Cs.H/c1-17-10-20(33-9-8-31(2)3)5-7-24(17)30-26(32)16-34-21-4-6-23(28)25(14-21)35-22-12-18(15-29)11-19(27)13-22;1-9-8-10(16-7-6-12(2)3)4-5-11(9)13(14)15;1-9-8-10(4-5-11(9)12)14-7-6-13(2)3;1-5-4-6(9)2-3-7(5)8(10)11;1-6(2)4-3-5;2-1-4-3;;;;/h4-7,10-14H,8-9,16H2,1-3H3,(H,30,32);4-5,8H,6-7H2,1-3H3;4-5,8H,6-7,12H2,1-3H3;2-4,9H,1H3;3-4H2,1-2H3;1,3H;1H;;;/q;;;;;;;2*+1;-1/p-1. The van der Waals surface area contributed by atoms with E-state index in [1.807, 2.05) is 121 Å². The van der Waals surface area contributed by atoms with Crippen LogP contribution >= 0.6 is 47.2 Å². The van der Waals surface area contributed by atoms with Crippen molar-refractivity contribution in [3.8, 4) is 46.3 Å². The number of nitrogen functional groups attached to an aromatic ring is 1. The van der Waals surface area contributed by atoms with Crippen LogP contribution in [-0.2, 0) is 14.5 Å². The second kappa shape index (κ2) is 50.7. The van der Waals surface area contributed by atoms with Gasteiger partial charge in [-0.1, -0.05) is 23.2 Å². The smallest absolute Gasteiger partial charge is 1.00 e. The van der Waals surface area contributed by atoms with Gasteiger partial charge in [-0.2, -0.15) is 5.26 Å². The summed E-state index contributed by atoms with van der Waals surface area (Å²) in [5.74, 6) is 3.81. The Morgan fingerprint density at radius 2 is 1.08 bits per heavy atom. The second-order valence-corrected chi connectivity index (χ2v) is 20.6. The van der Waals surface area contributed by atoms with Gasteiger partial charge >= 0.3 is 138 Å². The summed E-state index contributed by atoms with van der Waals surface area (Å²) >= 11 is 17.6. The van der Waals surface area contributed by atoms with Gasteiger partial charge in [0.1, 0.15) is 60.1 Å². The number of aromatic hydroxyl groups is 1. The molecule has 89 heavy (non-hydrogen) atoms. The molecule has 0 bridgehead atoms. The van der Waals surface area contributed by atoms with Crippen molar-refractivity contribution in [2.75, 3.05) is 126 Å². The molecular weight excluding hydrogens is 1480 g/mol. The van der Waals surface area contributed by atoms with Crippen molar-refractivity contribution in [3.05, 3.63) is 167 Å². The summed E-state index contributed by atoms with van der Waals surface area (Å²) in [4.78, 5) is 51.9. The molecule has 29 heteroatoms. The summed E-state index contributed by atoms with van der Waals surface area (Å²) in [7, 11) is 15.9. The van der Waals surface area contributed by atoms with Crippen molar-refractivity contribution in [1.29, 1.82) is 5.26 Å². The number of amides is 1. The van der Waals surface area contributed by atoms with E-state index in [9.17, 15) is 25.0 Å². The first-order valence-corrected chi connectivity index (χ1v) is 27.4. The Morgan fingerprint density at radius 3 is 1.49 bits per heavy atom. The minimum absolute atomic E-state index is 0. The molecule has 23 nitrogen and oxygen atoms in total. The van der Waals surface area contributed by atoms with Crippen LogP contribution in [0, 0.1) is 59.3 Å². The number of aryl methyl sites for hydroxylation is 4. The Bertz CT molecular complexity index is 3120. The SMILES string of the molecule is CN(C)CCCl.Cc1cc(O)ccc1[N+](=O)[O-].Cc1cc(OCCN(C)C)ccc1N.Cc1cc(OCCN(C)C)ccc1NC(=O)COc1ccc(Cl)c(Oc2cc(Cl)cc(C#N)c2)c1.Cc1cc(OCCN(C)C)ccc1[N+](=O)[O-].Cl.O=CO[O-].[Cs+].[Cs+].[H-]. The number of alkyl halides is 1. The Morgan fingerprint density at radius 1 is 0.640 bits per heavy atom. The zero-order valence-electron chi connectivity index (χ0n) is 53.8. The third-order valence-corrected chi connectivity index (χ3v) is 11.6. The first-order valence-electron chi connectivity index (χ1n) is 26.1. The minimum atomic E-state index is -0.477. The Kier molecular flexibility index (Phi) is 51.0. The van der Waals surface area contributed by atoms with Crippen molar-refractivity contribution in [3.63, 3.8) is 0 Å². The molecule has 478 valence electrons. The summed E-state index contributed by atoms with van der Waals surface area (Å²) < 4.78 is 28.1. The van der Waals surface area contributed by atoms with Crippen LogP contribution in [0.1, 0.15) is 29.2 Å². The zero-order valence-corrected chi connectivity index (χ0v) is 68.5. The van der Waals surface area contributed by atoms with Gasteiger partial charge in [-0.15, -0.1) is 24.0 Å². The molecule has 0 aliphatic carbocycles. The molecule has 0 spiro atoms. The number of nitrogens with one attached hydrogen (secondary N) is 1. The first-order chi connectivity index (χ1) is 40.6. The van der Waals surface area contributed by atoms with Crippen molar-refractivity contribution < 1.29 is 198 Å². The van der Waals surface area contributed by atoms with Gasteiger partial charge in [0.2, 0.25) is 0 Å². The maximum Gasteiger partial charge on any atom is 1.00 e. The van der Waals surface area contributed by atoms with Crippen molar-refractivity contribution in [1.82, 2.24) is 19.6 Å². The quantitative estimate of drug-likeness (QED) is 0.0196. The molecule has 4 N–H and O–H groups in total. The number of carbonyl (C=O) groups is 2. The van der Waals surface area contributed by atoms with Gasteiger partial charge < -0.3 is 71.0 Å². The number of nitrogens with two attached hydrogens (primary N) is 1.